The average Bonchev–Trinajstić information content (AvgIpc) is 3.08. The van der Waals surface area contributed by atoms with Crippen molar-refractivity contribution >= 4 is 0 Å². The zero-order valence-electron chi connectivity index (χ0n) is 9.45. The van der Waals surface area contributed by atoms with E-state index in [0.29, 0.717) is 18.6 Å². The van der Waals surface area contributed by atoms with Crippen molar-refractivity contribution in [3.63, 3.8) is 0 Å². The summed E-state index contributed by atoms with van der Waals surface area (Å²) < 4.78 is 19.0. The lowest BCUT2D eigenvalue weighted by atomic mass is 10.1. The number of nitrogens with zero attached hydrogens (tertiary/aromatic N) is 1. The smallest absolute Gasteiger partial charge is 0.165 e. The second kappa shape index (κ2) is 4.72. The summed E-state index contributed by atoms with van der Waals surface area (Å²) in [6.45, 7) is 0.0901. The molecule has 0 spiro atoms. The lowest BCUT2D eigenvalue weighted by Gasteiger charge is -2.15. The summed E-state index contributed by atoms with van der Waals surface area (Å²) >= 11 is 0. The van der Waals surface area contributed by atoms with Gasteiger partial charge in [-0.15, -0.1) is 0 Å². The van der Waals surface area contributed by atoms with Crippen molar-refractivity contribution in [3.8, 4) is 11.8 Å². The third kappa shape index (κ3) is 2.56. The highest BCUT2D eigenvalue weighted by molar-refractivity contribution is 5.34. The number of halogens is 1. The monoisotopic (exact) mass is 235 g/mol. The Morgan fingerprint density at radius 3 is 2.82 bits per heavy atom. The lowest BCUT2D eigenvalue weighted by Crippen LogP contribution is -2.14. The molecule has 1 aromatic carbocycles. The number of para-hydroxylation sites is 1. The maximum absolute atomic E-state index is 13.5. The van der Waals surface area contributed by atoms with E-state index in [1.54, 1.807) is 6.07 Å². The zero-order valence-corrected chi connectivity index (χ0v) is 9.45. The fraction of sp³-hybridized carbons (Fsp3) is 0.462. The van der Waals surface area contributed by atoms with Crippen molar-refractivity contribution in [1.29, 1.82) is 5.26 Å². The number of aliphatic hydroxyl groups excluding tert-OH is 1. The van der Waals surface area contributed by atoms with Crippen LogP contribution < -0.4 is 4.74 Å². The van der Waals surface area contributed by atoms with Crippen molar-refractivity contribution in [3.05, 3.63) is 29.6 Å². The number of rotatable bonds is 5. The summed E-state index contributed by atoms with van der Waals surface area (Å²) in [4.78, 5) is 0. The fourth-order valence-corrected chi connectivity index (χ4v) is 1.78. The second-order valence-corrected chi connectivity index (χ2v) is 4.51. The van der Waals surface area contributed by atoms with Crippen molar-refractivity contribution in [2.45, 2.75) is 25.9 Å². The van der Waals surface area contributed by atoms with Gasteiger partial charge in [-0.1, -0.05) is 12.1 Å². The van der Waals surface area contributed by atoms with Crippen LogP contribution in [0.25, 0.3) is 0 Å². The van der Waals surface area contributed by atoms with E-state index in [0.717, 1.165) is 12.8 Å². The first-order valence-corrected chi connectivity index (χ1v) is 5.59. The van der Waals surface area contributed by atoms with Crippen LogP contribution in [0, 0.1) is 22.6 Å². The summed E-state index contributed by atoms with van der Waals surface area (Å²) in [5.74, 6) is -0.358. The normalized spacial score (nSPS) is 16.3. The first-order chi connectivity index (χ1) is 8.21. The van der Waals surface area contributed by atoms with Gasteiger partial charge >= 0.3 is 0 Å². The molecule has 1 aliphatic carbocycles. The van der Waals surface area contributed by atoms with Crippen LogP contribution in [0.15, 0.2) is 18.2 Å². The Morgan fingerprint density at radius 2 is 2.24 bits per heavy atom. The molecule has 0 aliphatic heterocycles. The Morgan fingerprint density at radius 1 is 1.47 bits per heavy atom. The SMILES string of the molecule is N#CCC1(COc2c(F)cccc2CO)CC1. The summed E-state index contributed by atoms with van der Waals surface area (Å²) in [5.41, 5.74) is 0.349. The largest absolute Gasteiger partial charge is 0.490 e. The van der Waals surface area contributed by atoms with Crippen molar-refractivity contribution in [1.82, 2.24) is 0 Å². The molecular weight excluding hydrogens is 221 g/mol. The van der Waals surface area contributed by atoms with E-state index in [1.807, 2.05) is 0 Å². The first kappa shape index (κ1) is 11.9. The van der Waals surface area contributed by atoms with Crippen molar-refractivity contribution in [2.75, 3.05) is 6.61 Å². The van der Waals surface area contributed by atoms with E-state index in [9.17, 15) is 4.39 Å². The van der Waals surface area contributed by atoms with Gasteiger partial charge in [0, 0.05) is 17.4 Å². The van der Waals surface area contributed by atoms with E-state index in [4.69, 9.17) is 15.1 Å². The summed E-state index contributed by atoms with van der Waals surface area (Å²) in [7, 11) is 0. The molecule has 0 amide bonds. The average molecular weight is 235 g/mol. The highest BCUT2D eigenvalue weighted by atomic mass is 19.1. The third-order valence-electron chi connectivity index (χ3n) is 3.15. The highest BCUT2D eigenvalue weighted by Crippen LogP contribution is 2.48. The van der Waals surface area contributed by atoms with Gasteiger partial charge in [-0.25, -0.2) is 4.39 Å². The van der Waals surface area contributed by atoms with Gasteiger partial charge in [0.2, 0.25) is 0 Å². The third-order valence-corrected chi connectivity index (χ3v) is 3.15. The van der Waals surface area contributed by atoms with Crippen LogP contribution in [-0.4, -0.2) is 11.7 Å². The van der Waals surface area contributed by atoms with Crippen LogP contribution in [0.4, 0.5) is 4.39 Å². The number of nitriles is 1. The van der Waals surface area contributed by atoms with Crippen LogP contribution in [0.1, 0.15) is 24.8 Å². The molecule has 0 unspecified atom stereocenters. The molecule has 90 valence electrons. The van der Waals surface area contributed by atoms with Crippen molar-refractivity contribution in [2.24, 2.45) is 5.41 Å². The van der Waals surface area contributed by atoms with Gasteiger partial charge in [0.05, 0.1) is 19.3 Å². The number of hydrogen-bond donors (Lipinski definition) is 1. The fourth-order valence-electron chi connectivity index (χ4n) is 1.78. The molecule has 0 bridgehead atoms. The molecule has 0 aromatic heterocycles. The minimum atomic E-state index is -0.468. The predicted molar refractivity (Wildman–Crippen MR) is 59.7 cm³/mol. The first-order valence-electron chi connectivity index (χ1n) is 5.59. The number of ether oxygens (including phenoxy) is 1. The molecule has 0 atom stereocenters. The molecule has 3 nitrogen and oxygen atoms in total. The molecule has 1 saturated carbocycles. The van der Waals surface area contributed by atoms with E-state index in [2.05, 4.69) is 6.07 Å². The molecule has 2 rings (SSSR count). The molecule has 0 radical (unpaired) electrons. The molecule has 1 aromatic rings. The van der Waals surface area contributed by atoms with E-state index >= 15 is 0 Å². The van der Waals surface area contributed by atoms with Gasteiger partial charge in [-0.05, 0) is 18.9 Å². The highest BCUT2D eigenvalue weighted by Gasteiger charge is 2.43. The molecule has 1 aliphatic rings. The van der Waals surface area contributed by atoms with Crippen LogP contribution >= 0.6 is 0 Å². The van der Waals surface area contributed by atoms with Gasteiger partial charge in [0.15, 0.2) is 11.6 Å². The van der Waals surface area contributed by atoms with Crippen LogP contribution in [-0.2, 0) is 6.61 Å². The van der Waals surface area contributed by atoms with Gasteiger partial charge < -0.3 is 9.84 Å². The second-order valence-electron chi connectivity index (χ2n) is 4.51. The molecule has 0 saturated heterocycles. The topological polar surface area (TPSA) is 53.2 Å². The maximum Gasteiger partial charge on any atom is 0.165 e. The standard InChI is InChI=1S/C13H14FNO2/c14-11-3-1-2-10(8-16)12(11)17-9-13(4-5-13)6-7-15/h1-3,16H,4-6,8-9H2. The minimum absolute atomic E-state index is 0.0935. The lowest BCUT2D eigenvalue weighted by molar-refractivity contribution is 0.214. The van der Waals surface area contributed by atoms with Gasteiger partial charge in [0.1, 0.15) is 0 Å². The Hall–Kier alpha value is -1.60. The molecule has 4 heteroatoms. The van der Waals surface area contributed by atoms with Crippen LogP contribution in [0.2, 0.25) is 0 Å². The number of benzene rings is 1. The van der Waals surface area contributed by atoms with E-state index in [-0.39, 0.29) is 17.8 Å². The van der Waals surface area contributed by atoms with Gasteiger partial charge in [-0.2, -0.15) is 5.26 Å². The van der Waals surface area contributed by atoms with Crippen LogP contribution in [0.3, 0.4) is 0 Å². The van der Waals surface area contributed by atoms with Gasteiger partial charge in [0.25, 0.3) is 0 Å². The zero-order chi connectivity index (χ0) is 12.3. The van der Waals surface area contributed by atoms with E-state index in [1.165, 1.54) is 12.1 Å². The molecule has 1 N–H and O–H groups in total. The summed E-state index contributed by atoms with van der Waals surface area (Å²) in [6, 6.07) is 6.60. The Bertz CT molecular complexity index is 449. The number of hydrogen-bond acceptors (Lipinski definition) is 3. The Kier molecular flexibility index (Phi) is 3.30. The Balaban J connectivity index is 2.07. The molecular formula is C13H14FNO2. The predicted octanol–water partition coefficient (Wildman–Crippen LogP) is 2.39. The molecule has 17 heavy (non-hydrogen) atoms. The quantitative estimate of drug-likeness (QED) is 0.852. The van der Waals surface area contributed by atoms with Gasteiger partial charge in [-0.3, -0.25) is 0 Å². The minimum Gasteiger partial charge on any atom is -0.490 e. The Labute approximate surface area is 99.4 Å². The maximum atomic E-state index is 13.5. The van der Waals surface area contributed by atoms with E-state index < -0.39 is 5.82 Å². The summed E-state index contributed by atoms with van der Waals surface area (Å²) in [5, 5.41) is 17.8. The van der Waals surface area contributed by atoms with Crippen LogP contribution in [0.5, 0.6) is 5.75 Å². The van der Waals surface area contributed by atoms with Crippen molar-refractivity contribution < 1.29 is 14.2 Å². The number of aliphatic hydroxyl groups is 1. The molecule has 1 fully saturated rings. The summed E-state index contributed by atoms with van der Waals surface area (Å²) in [6.07, 6.45) is 2.34. The molecule has 0 heterocycles.